The lowest BCUT2D eigenvalue weighted by Crippen LogP contribution is -2.47. The molecule has 0 saturated carbocycles. The molecule has 1 heterocycles. The zero-order chi connectivity index (χ0) is 14.4. The topological polar surface area (TPSA) is 45.1 Å². The summed E-state index contributed by atoms with van der Waals surface area (Å²) in [5.74, 6) is 0.944. The minimum atomic E-state index is 0.315. The number of para-hydroxylation sites is 1. The number of hydrogen-bond acceptors (Lipinski definition) is 5. The normalized spacial score (nSPS) is 18.7. The van der Waals surface area contributed by atoms with Crippen molar-refractivity contribution in [3.05, 3.63) is 34.7 Å². The van der Waals surface area contributed by atoms with E-state index in [-0.39, 0.29) is 0 Å². The van der Waals surface area contributed by atoms with Crippen LogP contribution in [0.25, 0.3) is 0 Å². The predicted octanol–water partition coefficient (Wildman–Crippen LogP) is 2.51. The van der Waals surface area contributed by atoms with Crippen molar-refractivity contribution in [1.29, 1.82) is 0 Å². The van der Waals surface area contributed by atoms with E-state index in [9.17, 15) is 4.91 Å². The van der Waals surface area contributed by atoms with E-state index in [4.69, 9.17) is 4.74 Å². The molecule has 110 valence electrons. The Morgan fingerprint density at radius 1 is 1.30 bits per heavy atom. The van der Waals surface area contributed by atoms with E-state index in [1.165, 1.54) is 5.56 Å². The van der Waals surface area contributed by atoms with Gasteiger partial charge in [-0.2, -0.15) is 4.91 Å². The van der Waals surface area contributed by atoms with Gasteiger partial charge in [-0.1, -0.05) is 46.0 Å². The summed E-state index contributed by atoms with van der Waals surface area (Å²) >= 11 is 2.47. The summed E-state index contributed by atoms with van der Waals surface area (Å²) in [7, 11) is 1.71. The molecule has 1 fully saturated rings. The first-order valence-corrected chi connectivity index (χ1v) is 8.03. The Balaban J connectivity index is 1.94. The molecule has 0 N–H and O–H groups in total. The van der Waals surface area contributed by atoms with E-state index in [0.29, 0.717) is 10.6 Å². The van der Waals surface area contributed by atoms with Gasteiger partial charge in [0.25, 0.3) is 0 Å². The number of methoxy groups -OCH3 is 1. The van der Waals surface area contributed by atoms with Crippen LogP contribution in [0, 0.1) is 4.91 Å². The molecule has 5 nitrogen and oxygen atoms in total. The molecule has 1 aromatic rings. The van der Waals surface area contributed by atoms with E-state index in [2.05, 4.69) is 49.7 Å². The van der Waals surface area contributed by atoms with Crippen LogP contribution in [-0.2, 0) is 0 Å². The van der Waals surface area contributed by atoms with Gasteiger partial charge in [0.15, 0.2) is 0 Å². The average Bonchev–Trinajstić information content (AvgIpc) is 2.52. The minimum absolute atomic E-state index is 0.315. The van der Waals surface area contributed by atoms with Crippen molar-refractivity contribution in [2.24, 2.45) is 5.18 Å². The summed E-state index contributed by atoms with van der Waals surface area (Å²) in [5, 5.41) is 2.93. The highest BCUT2D eigenvalue weighted by atomic mass is 127. The van der Waals surface area contributed by atoms with Crippen LogP contribution in [0.2, 0.25) is 0 Å². The second-order valence-electron chi connectivity index (χ2n) is 4.81. The number of rotatable bonds is 6. The van der Waals surface area contributed by atoms with Crippen molar-refractivity contribution in [3.8, 4) is 5.75 Å². The summed E-state index contributed by atoms with van der Waals surface area (Å²) in [6, 6.07) is 8.18. The van der Waals surface area contributed by atoms with E-state index < -0.39 is 0 Å². The Kier molecular flexibility index (Phi) is 6.18. The maximum Gasteiger partial charge on any atom is 0.124 e. The largest absolute Gasteiger partial charge is 0.496 e. The number of hydrogen-bond donors (Lipinski definition) is 0. The third kappa shape index (κ3) is 3.89. The number of benzene rings is 1. The SMILES string of the molecule is COc1ccccc1C(I)N1CCN(CCN=O)CC1. The Morgan fingerprint density at radius 3 is 2.65 bits per heavy atom. The zero-order valence-corrected chi connectivity index (χ0v) is 13.8. The summed E-state index contributed by atoms with van der Waals surface area (Å²) in [5.41, 5.74) is 1.22. The number of ether oxygens (including phenoxy) is 1. The van der Waals surface area contributed by atoms with Crippen LogP contribution in [0.15, 0.2) is 29.4 Å². The molecule has 6 heteroatoms. The maximum atomic E-state index is 10.2. The van der Waals surface area contributed by atoms with E-state index in [1.807, 2.05) is 12.1 Å². The number of nitrogens with zero attached hydrogens (tertiary/aromatic N) is 3. The van der Waals surface area contributed by atoms with Crippen molar-refractivity contribution in [2.75, 3.05) is 46.4 Å². The van der Waals surface area contributed by atoms with E-state index in [0.717, 1.165) is 38.5 Å². The molecular formula is C14H20IN3O2. The van der Waals surface area contributed by atoms with Gasteiger partial charge in [-0.15, -0.1) is 0 Å². The molecule has 1 aliphatic rings. The monoisotopic (exact) mass is 389 g/mol. The molecule has 0 aromatic heterocycles. The van der Waals surface area contributed by atoms with Gasteiger partial charge in [0.1, 0.15) is 5.75 Å². The van der Waals surface area contributed by atoms with Gasteiger partial charge in [-0.25, -0.2) is 0 Å². The van der Waals surface area contributed by atoms with Gasteiger partial charge in [-0.05, 0) is 6.07 Å². The quantitative estimate of drug-likeness (QED) is 0.325. The summed E-state index contributed by atoms with van der Waals surface area (Å²) in [6.45, 7) is 5.15. The molecule has 1 aliphatic heterocycles. The van der Waals surface area contributed by atoms with Gasteiger partial charge in [0, 0.05) is 38.3 Å². The van der Waals surface area contributed by atoms with Gasteiger partial charge < -0.3 is 4.74 Å². The number of halogens is 1. The second kappa shape index (κ2) is 7.90. The zero-order valence-electron chi connectivity index (χ0n) is 11.7. The Hall–Kier alpha value is -0.730. The van der Waals surface area contributed by atoms with Crippen molar-refractivity contribution in [3.63, 3.8) is 0 Å². The maximum absolute atomic E-state index is 10.2. The molecule has 0 aliphatic carbocycles. The highest BCUT2D eigenvalue weighted by molar-refractivity contribution is 14.1. The molecule has 0 bridgehead atoms. The van der Waals surface area contributed by atoms with Crippen LogP contribution in [0.1, 0.15) is 9.61 Å². The highest BCUT2D eigenvalue weighted by Crippen LogP contribution is 2.34. The standard InChI is InChI=1S/C14H20IN3O2/c1-20-13-5-3-2-4-12(13)14(15)18-10-8-17(9-11-18)7-6-16-19/h2-5,14H,6-11H2,1H3. The van der Waals surface area contributed by atoms with Crippen molar-refractivity contribution >= 4 is 22.6 Å². The fourth-order valence-electron chi connectivity index (χ4n) is 2.46. The minimum Gasteiger partial charge on any atom is -0.496 e. The van der Waals surface area contributed by atoms with Crippen LogP contribution in [0.5, 0.6) is 5.75 Å². The van der Waals surface area contributed by atoms with Crippen LogP contribution < -0.4 is 4.74 Å². The Labute approximate surface area is 133 Å². The molecule has 2 rings (SSSR count). The molecule has 0 amide bonds. The van der Waals surface area contributed by atoms with Crippen molar-refractivity contribution < 1.29 is 4.74 Å². The lowest BCUT2D eigenvalue weighted by atomic mass is 10.1. The van der Waals surface area contributed by atoms with Gasteiger partial charge >= 0.3 is 0 Å². The molecule has 1 atom stereocenters. The van der Waals surface area contributed by atoms with Crippen LogP contribution in [0.3, 0.4) is 0 Å². The van der Waals surface area contributed by atoms with Crippen LogP contribution >= 0.6 is 22.6 Å². The number of nitroso groups, excluding NO2 is 1. The molecule has 1 unspecified atom stereocenters. The molecule has 20 heavy (non-hydrogen) atoms. The average molecular weight is 389 g/mol. The summed E-state index contributed by atoms with van der Waals surface area (Å²) < 4.78 is 5.76. The fourth-order valence-corrected chi connectivity index (χ4v) is 3.53. The van der Waals surface area contributed by atoms with Crippen LogP contribution in [-0.4, -0.2) is 56.2 Å². The first-order chi connectivity index (χ1) is 9.76. The first-order valence-electron chi connectivity index (χ1n) is 6.78. The van der Waals surface area contributed by atoms with Gasteiger partial charge in [0.05, 0.1) is 17.7 Å². The Morgan fingerprint density at radius 2 is 2.00 bits per heavy atom. The summed E-state index contributed by atoms with van der Waals surface area (Å²) in [6.07, 6.45) is 0. The molecule has 0 radical (unpaired) electrons. The van der Waals surface area contributed by atoms with Crippen molar-refractivity contribution in [1.82, 2.24) is 9.80 Å². The lowest BCUT2D eigenvalue weighted by Gasteiger charge is -2.37. The van der Waals surface area contributed by atoms with Crippen molar-refractivity contribution in [2.45, 2.75) is 4.05 Å². The van der Waals surface area contributed by atoms with E-state index in [1.54, 1.807) is 7.11 Å². The number of piperazine rings is 1. The highest BCUT2D eigenvalue weighted by Gasteiger charge is 2.24. The first kappa shape index (κ1) is 15.7. The fraction of sp³-hybridized carbons (Fsp3) is 0.571. The third-order valence-corrected chi connectivity index (χ3v) is 5.09. The molecule has 1 saturated heterocycles. The molecular weight excluding hydrogens is 369 g/mol. The second-order valence-corrected chi connectivity index (χ2v) is 5.99. The summed E-state index contributed by atoms with van der Waals surface area (Å²) in [4.78, 5) is 14.9. The molecule has 1 aromatic carbocycles. The lowest BCUT2D eigenvalue weighted by molar-refractivity contribution is 0.130. The third-order valence-electron chi connectivity index (χ3n) is 3.63. The molecule has 0 spiro atoms. The number of alkyl halides is 1. The Bertz CT molecular complexity index is 436. The van der Waals surface area contributed by atoms with E-state index >= 15 is 0 Å². The predicted molar refractivity (Wildman–Crippen MR) is 88.4 cm³/mol. The van der Waals surface area contributed by atoms with Crippen LogP contribution in [0.4, 0.5) is 0 Å². The van der Waals surface area contributed by atoms with Gasteiger partial charge in [-0.3, -0.25) is 9.80 Å². The van der Waals surface area contributed by atoms with Gasteiger partial charge in [0.2, 0.25) is 0 Å². The smallest absolute Gasteiger partial charge is 0.124 e.